The highest BCUT2D eigenvalue weighted by Crippen LogP contribution is 2.37. The fourth-order valence-corrected chi connectivity index (χ4v) is 9.07. The minimum atomic E-state index is -4.15. The molecule has 0 atom stereocenters. The average Bonchev–Trinajstić information content (AvgIpc) is 3.67. The lowest BCUT2D eigenvalue weighted by Crippen LogP contribution is -2.47. The first-order valence-corrected chi connectivity index (χ1v) is 21.3. The molecule has 3 aliphatic rings. The van der Waals surface area contributed by atoms with E-state index in [4.69, 9.17) is 37.5 Å². The molecule has 2 radical (unpaired) electrons. The number of hydrogen-bond donors (Lipinski definition) is 0. The summed E-state index contributed by atoms with van der Waals surface area (Å²) in [6.45, 7) is 17.2. The molecule has 0 aliphatic carbocycles. The van der Waals surface area contributed by atoms with Gasteiger partial charge in [-0.25, -0.2) is 22.4 Å². The number of pyridine rings is 2. The number of halogens is 1. The molecule has 0 N–H and O–H groups in total. The summed E-state index contributed by atoms with van der Waals surface area (Å²) in [5.74, 6) is 1.27. The Morgan fingerprint density at radius 3 is 2.53 bits per heavy atom. The van der Waals surface area contributed by atoms with Crippen LogP contribution in [0.25, 0.3) is 16.6 Å². The number of rotatable bonds is 11. The molecular formula is C44H45ClN6O6S. The molecule has 2 saturated heterocycles. The van der Waals surface area contributed by atoms with Crippen molar-refractivity contribution in [1.82, 2.24) is 18.8 Å². The molecule has 2 aromatic carbocycles. The van der Waals surface area contributed by atoms with E-state index in [0.29, 0.717) is 48.9 Å². The number of fused-ring (bicyclic) bond motifs is 1. The van der Waals surface area contributed by atoms with Gasteiger partial charge in [-0.15, -0.1) is 0 Å². The Kier molecular flexibility index (Phi) is 11.5. The van der Waals surface area contributed by atoms with Crippen molar-refractivity contribution in [3.05, 3.63) is 113 Å². The number of piperazine rings is 1. The summed E-state index contributed by atoms with van der Waals surface area (Å²) in [7, 11) is -4.15. The third kappa shape index (κ3) is 8.72. The predicted octanol–water partition coefficient (Wildman–Crippen LogP) is 7.62. The SMILES string of the molecule is [CH]c1ccc(N2CCN(CC3=C(c4ccc(Cl)cc4)CC(C)(C)OC3)CC2)cc1Oc1cnc2c(ccn2S(=O)(=O)c2cnc(OCC3CCOCC3)c(C#N)c2)c1. The monoisotopic (exact) mass is 820 g/mol. The second-order valence-corrected chi connectivity index (χ2v) is 17.9. The van der Waals surface area contributed by atoms with Gasteiger partial charge in [0.25, 0.3) is 10.0 Å². The number of hydrogen-bond acceptors (Lipinski definition) is 11. The Hall–Kier alpha value is -4.97. The Balaban J connectivity index is 0.929. The maximum atomic E-state index is 13.8. The highest BCUT2D eigenvalue weighted by Gasteiger charge is 2.30. The zero-order chi connectivity index (χ0) is 40.4. The second kappa shape index (κ2) is 16.7. The van der Waals surface area contributed by atoms with Gasteiger partial charge in [-0.3, -0.25) is 4.90 Å². The van der Waals surface area contributed by atoms with Crippen LogP contribution >= 0.6 is 11.6 Å². The van der Waals surface area contributed by atoms with Gasteiger partial charge >= 0.3 is 0 Å². The van der Waals surface area contributed by atoms with Crippen LogP contribution in [-0.2, 0) is 19.5 Å². The fourth-order valence-electron chi connectivity index (χ4n) is 7.66. The molecule has 0 bridgehead atoms. The van der Waals surface area contributed by atoms with Crippen LogP contribution in [0.1, 0.15) is 49.8 Å². The average molecular weight is 821 g/mol. The summed E-state index contributed by atoms with van der Waals surface area (Å²) in [6.07, 6.45) is 6.65. The lowest BCUT2D eigenvalue weighted by atomic mass is 9.87. The third-order valence-corrected chi connectivity index (χ3v) is 12.9. The molecule has 0 unspecified atom stereocenters. The molecule has 8 rings (SSSR count). The van der Waals surface area contributed by atoms with E-state index in [-0.39, 0.29) is 33.5 Å². The maximum absolute atomic E-state index is 13.8. The third-order valence-electron chi connectivity index (χ3n) is 11.0. The van der Waals surface area contributed by atoms with Gasteiger partial charge in [0.1, 0.15) is 28.0 Å². The van der Waals surface area contributed by atoms with Crippen LogP contribution in [0.5, 0.6) is 17.4 Å². The summed E-state index contributed by atoms with van der Waals surface area (Å²) >= 11 is 6.20. The van der Waals surface area contributed by atoms with Crippen LogP contribution in [0, 0.1) is 24.2 Å². The van der Waals surface area contributed by atoms with E-state index < -0.39 is 10.0 Å². The zero-order valence-electron chi connectivity index (χ0n) is 32.6. The van der Waals surface area contributed by atoms with Crippen LogP contribution in [0.4, 0.5) is 5.69 Å². The molecule has 58 heavy (non-hydrogen) atoms. The topological polar surface area (TPSA) is 132 Å². The van der Waals surface area contributed by atoms with Crippen molar-refractivity contribution in [3.63, 3.8) is 0 Å². The van der Waals surface area contributed by atoms with Crippen LogP contribution < -0.4 is 14.4 Å². The number of nitrogens with zero attached hydrogens (tertiary/aromatic N) is 6. The summed E-state index contributed by atoms with van der Waals surface area (Å²) in [6, 6.07) is 20.5. The first-order chi connectivity index (χ1) is 28.0. The van der Waals surface area contributed by atoms with Gasteiger partial charge in [0.15, 0.2) is 5.65 Å². The van der Waals surface area contributed by atoms with E-state index >= 15 is 0 Å². The fraction of sp³-hybridized carbons (Fsp3) is 0.364. The summed E-state index contributed by atoms with van der Waals surface area (Å²) in [5.41, 5.74) is 5.31. The Morgan fingerprint density at radius 1 is 1.00 bits per heavy atom. The van der Waals surface area contributed by atoms with Gasteiger partial charge in [-0.05, 0) is 91.3 Å². The van der Waals surface area contributed by atoms with Crippen molar-refractivity contribution >= 4 is 43.9 Å². The number of anilines is 1. The largest absolute Gasteiger partial charge is 0.476 e. The minimum absolute atomic E-state index is 0.0372. The van der Waals surface area contributed by atoms with Crippen molar-refractivity contribution in [2.45, 2.75) is 43.6 Å². The smallest absolute Gasteiger partial charge is 0.270 e. The lowest BCUT2D eigenvalue weighted by Gasteiger charge is -2.39. The Bertz CT molecular complexity index is 2480. The summed E-state index contributed by atoms with van der Waals surface area (Å²) in [4.78, 5) is 13.3. The maximum Gasteiger partial charge on any atom is 0.270 e. The molecule has 0 saturated carbocycles. The quantitative estimate of drug-likeness (QED) is 0.130. The molecule has 12 nitrogen and oxygen atoms in total. The van der Waals surface area contributed by atoms with Crippen LogP contribution in [0.2, 0.25) is 5.02 Å². The highest BCUT2D eigenvalue weighted by molar-refractivity contribution is 7.90. The second-order valence-electron chi connectivity index (χ2n) is 15.6. The van der Waals surface area contributed by atoms with E-state index in [0.717, 1.165) is 66.7 Å². The molecule has 5 aromatic rings. The number of benzene rings is 2. The minimum Gasteiger partial charge on any atom is -0.476 e. The molecular weight excluding hydrogens is 776 g/mol. The molecule has 3 aliphatic heterocycles. The van der Waals surface area contributed by atoms with Crippen molar-refractivity contribution in [2.75, 3.05) is 64.1 Å². The van der Waals surface area contributed by atoms with Gasteiger partial charge in [0.05, 0.1) is 31.2 Å². The van der Waals surface area contributed by atoms with Crippen molar-refractivity contribution in [2.24, 2.45) is 5.92 Å². The van der Waals surface area contributed by atoms with Crippen LogP contribution in [0.15, 0.2) is 89.7 Å². The first kappa shape index (κ1) is 39.8. The molecule has 0 amide bonds. The van der Waals surface area contributed by atoms with E-state index in [1.807, 2.05) is 36.4 Å². The molecule has 2 fully saturated rings. The van der Waals surface area contributed by atoms with Gasteiger partial charge in [-0.2, -0.15) is 5.26 Å². The Labute approximate surface area is 344 Å². The van der Waals surface area contributed by atoms with Crippen molar-refractivity contribution in [3.8, 4) is 23.4 Å². The van der Waals surface area contributed by atoms with E-state index in [1.54, 1.807) is 12.1 Å². The number of ether oxygens (including phenoxy) is 4. The summed E-state index contributed by atoms with van der Waals surface area (Å²) in [5, 5.41) is 11.1. The van der Waals surface area contributed by atoms with Gasteiger partial charge in [0.2, 0.25) is 5.88 Å². The zero-order valence-corrected chi connectivity index (χ0v) is 34.1. The number of nitriles is 1. The normalized spacial score (nSPS) is 18.0. The van der Waals surface area contributed by atoms with Crippen LogP contribution in [0.3, 0.4) is 0 Å². The van der Waals surface area contributed by atoms with Crippen LogP contribution in [-0.4, -0.2) is 92.0 Å². The summed E-state index contributed by atoms with van der Waals surface area (Å²) < 4.78 is 52.4. The van der Waals surface area contributed by atoms with E-state index in [1.165, 1.54) is 41.4 Å². The molecule has 0 spiro atoms. The highest BCUT2D eigenvalue weighted by atomic mass is 35.5. The number of aromatic nitrogens is 3. The van der Waals surface area contributed by atoms with Crippen molar-refractivity contribution < 1.29 is 27.4 Å². The molecule has 3 aromatic heterocycles. The first-order valence-electron chi connectivity index (χ1n) is 19.4. The Morgan fingerprint density at radius 2 is 1.78 bits per heavy atom. The van der Waals surface area contributed by atoms with E-state index in [9.17, 15) is 13.7 Å². The van der Waals surface area contributed by atoms with Gasteiger partial charge in [-0.1, -0.05) is 29.8 Å². The molecule has 300 valence electrons. The standard InChI is InChI=1S/C44H45ClN6O6S/c1-30-4-9-37(50-16-14-49(15-17-50)27-35-29-56-44(2,3)23-40(35)32-5-7-36(45)8-6-32)22-41(30)57-38-20-33-10-13-51(42(33)47-25-38)58(52,53)39-21-34(24-46)43(48-26-39)55-28-31-11-18-54-19-12-31/h1,4-10,13,20-22,25-26,31H,11-12,14-19,23,27-29H2,2-3H3. The van der Waals surface area contributed by atoms with Gasteiger partial charge < -0.3 is 23.8 Å². The lowest BCUT2D eigenvalue weighted by molar-refractivity contribution is -0.0101. The van der Waals surface area contributed by atoms with Crippen molar-refractivity contribution in [1.29, 1.82) is 5.26 Å². The van der Waals surface area contributed by atoms with Gasteiger partial charge in [0, 0.05) is 87.6 Å². The molecule has 6 heterocycles. The molecule has 14 heteroatoms. The predicted molar refractivity (Wildman–Crippen MR) is 222 cm³/mol. The van der Waals surface area contributed by atoms with E-state index in [2.05, 4.69) is 45.7 Å².